The van der Waals surface area contributed by atoms with Crippen LogP contribution in [0.25, 0.3) is 0 Å². The van der Waals surface area contributed by atoms with Crippen molar-refractivity contribution in [3.8, 4) is 0 Å². The van der Waals surface area contributed by atoms with Crippen LogP contribution in [0.2, 0.25) is 0 Å². The van der Waals surface area contributed by atoms with Crippen molar-refractivity contribution in [3.05, 3.63) is 35.9 Å². The highest BCUT2D eigenvalue weighted by atomic mass is 16.6. The van der Waals surface area contributed by atoms with E-state index in [1.807, 2.05) is 30.3 Å². The van der Waals surface area contributed by atoms with E-state index in [1.54, 1.807) is 20.8 Å². The summed E-state index contributed by atoms with van der Waals surface area (Å²) >= 11 is 0. The van der Waals surface area contributed by atoms with Gasteiger partial charge < -0.3 is 15.2 Å². The van der Waals surface area contributed by atoms with Crippen molar-refractivity contribution in [1.82, 2.24) is 5.32 Å². The molecule has 2 rings (SSSR count). The van der Waals surface area contributed by atoms with E-state index in [0.717, 1.165) is 5.56 Å². The van der Waals surface area contributed by atoms with Crippen molar-refractivity contribution in [2.45, 2.75) is 32.3 Å². The van der Waals surface area contributed by atoms with Gasteiger partial charge in [0.15, 0.2) is 0 Å². The number of rotatable bonds is 4. The van der Waals surface area contributed by atoms with Crippen LogP contribution < -0.4 is 5.32 Å². The van der Waals surface area contributed by atoms with E-state index in [9.17, 15) is 14.7 Å². The van der Waals surface area contributed by atoms with Crippen LogP contribution in [0.1, 0.15) is 32.3 Å². The first-order chi connectivity index (χ1) is 9.79. The highest BCUT2D eigenvalue weighted by molar-refractivity contribution is 5.77. The van der Waals surface area contributed by atoms with Crippen LogP contribution in [0.15, 0.2) is 30.3 Å². The Hall–Kier alpha value is -2.04. The fraction of sp³-hybridized carbons (Fsp3) is 0.500. The lowest BCUT2D eigenvalue weighted by Crippen LogP contribution is -2.34. The maximum atomic E-state index is 11.6. The summed E-state index contributed by atoms with van der Waals surface area (Å²) in [5, 5.41) is 11.9. The molecule has 1 aromatic carbocycles. The average molecular weight is 291 g/mol. The fourth-order valence-electron chi connectivity index (χ4n) is 2.61. The average Bonchev–Trinajstić information content (AvgIpc) is 3.10. The van der Waals surface area contributed by atoms with Gasteiger partial charge in [0.2, 0.25) is 0 Å². The summed E-state index contributed by atoms with van der Waals surface area (Å²) in [7, 11) is 0. The van der Waals surface area contributed by atoms with Gasteiger partial charge in [0.1, 0.15) is 5.60 Å². The molecule has 0 bridgehead atoms. The number of amides is 1. The predicted molar refractivity (Wildman–Crippen MR) is 78.0 cm³/mol. The molecule has 0 aromatic heterocycles. The van der Waals surface area contributed by atoms with Crippen LogP contribution in [0.3, 0.4) is 0 Å². The number of nitrogens with one attached hydrogen (secondary N) is 1. The lowest BCUT2D eigenvalue weighted by Gasteiger charge is -2.19. The van der Waals surface area contributed by atoms with Gasteiger partial charge in [-0.3, -0.25) is 4.79 Å². The zero-order valence-corrected chi connectivity index (χ0v) is 12.5. The van der Waals surface area contributed by atoms with Gasteiger partial charge in [0, 0.05) is 12.5 Å². The van der Waals surface area contributed by atoms with Crippen molar-refractivity contribution in [3.63, 3.8) is 0 Å². The number of aliphatic carboxylic acids is 1. The monoisotopic (exact) mass is 291 g/mol. The molecule has 1 fully saturated rings. The molecule has 5 nitrogen and oxygen atoms in total. The van der Waals surface area contributed by atoms with Crippen LogP contribution in [0.4, 0.5) is 4.79 Å². The minimum absolute atomic E-state index is 0.0429. The smallest absolute Gasteiger partial charge is 0.407 e. The number of carbonyl (C=O) groups is 2. The molecule has 5 heteroatoms. The van der Waals surface area contributed by atoms with E-state index in [2.05, 4.69) is 5.32 Å². The Kier molecular flexibility index (Phi) is 4.21. The van der Waals surface area contributed by atoms with E-state index < -0.39 is 23.6 Å². The lowest BCUT2D eigenvalue weighted by atomic mass is 10.1. The molecule has 0 aliphatic heterocycles. The van der Waals surface area contributed by atoms with Crippen molar-refractivity contribution in [2.75, 3.05) is 6.54 Å². The molecule has 3 atom stereocenters. The summed E-state index contributed by atoms with van der Waals surface area (Å²) < 4.78 is 5.16. The van der Waals surface area contributed by atoms with E-state index >= 15 is 0 Å². The summed E-state index contributed by atoms with van der Waals surface area (Å²) in [6.45, 7) is 5.68. The molecule has 0 heterocycles. The molecule has 0 radical (unpaired) electrons. The normalized spacial score (nSPS) is 24.2. The zero-order chi connectivity index (χ0) is 15.6. The number of alkyl carbamates (subject to hydrolysis) is 1. The summed E-state index contributed by atoms with van der Waals surface area (Å²) in [6.07, 6.45) is -0.509. The highest BCUT2D eigenvalue weighted by Crippen LogP contribution is 2.53. The number of ether oxygens (including phenoxy) is 1. The fourth-order valence-corrected chi connectivity index (χ4v) is 2.61. The summed E-state index contributed by atoms with van der Waals surface area (Å²) in [5.41, 5.74) is 0.444. The van der Waals surface area contributed by atoms with Crippen LogP contribution in [0.5, 0.6) is 0 Å². The van der Waals surface area contributed by atoms with Crippen LogP contribution in [-0.2, 0) is 9.53 Å². The second kappa shape index (κ2) is 5.76. The first-order valence-corrected chi connectivity index (χ1v) is 7.04. The molecule has 1 saturated carbocycles. The van der Waals surface area contributed by atoms with Gasteiger partial charge in [-0.25, -0.2) is 4.79 Å². The molecular formula is C16H21NO4. The maximum absolute atomic E-state index is 11.6. The Balaban J connectivity index is 1.94. The van der Waals surface area contributed by atoms with Crippen LogP contribution in [0, 0.1) is 11.8 Å². The molecule has 114 valence electrons. The molecule has 1 aliphatic rings. The SMILES string of the molecule is CC(C)(C)OC(=O)NCC1C(C(=O)O)C1c1ccccc1. The number of hydrogen-bond acceptors (Lipinski definition) is 3. The molecule has 3 unspecified atom stereocenters. The second-order valence-electron chi connectivity index (χ2n) is 6.35. The van der Waals surface area contributed by atoms with Crippen molar-refractivity contribution in [2.24, 2.45) is 11.8 Å². The van der Waals surface area contributed by atoms with Gasteiger partial charge in [0.05, 0.1) is 5.92 Å². The van der Waals surface area contributed by atoms with Gasteiger partial charge in [-0.2, -0.15) is 0 Å². The predicted octanol–water partition coefficient (Wildman–Crippen LogP) is 2.63. The molecule has 1 amide bonds. The van der Waals surface area contributed by atoms with Crippen LogP contribution in [-0.4, -0.2) is 29.3 Å². The Bertz CT molecular complexity index is 521. The third-order valence-corrected chi connectivity index (χ3v) is 3.52. The molecule has 1 aromatic rings. The van der Waals surface area contributed by atoms with Gasteiger partial charge >= 0.3 is 12.1 Å². The third-order valence-electron chi connectivity index (χ3n) is 3.52. The maximum Gasteiger partial charge on any atom is 0.407 e. The molecule has 2 N–H and O–H groups in total. The Morgan fingerprint density at radius 2 is 1.86 bits per heavy atom. The third kappa shape index (κ3) is 3.97. The molecule has 0 saturated heterocycles. The van der Waals surface area contributed by atoms with Gasteiger partial charge in [-0.05, 0) is 32.3 Å². The van der Waals surface area contributed by atoms with Gasteiger partial charge in [-0.15, -0.1) is 0 Å². The number of benzene rings is 1. The Labute approximate surface area is 124 Å². The van der Waals surface area contributed by atoms with Crippen molar-refractivity contribution < 1.29 is 19.4 Å². The lowest BCUT2D eigenvalue weighted by molar-refractivity contribution is -0.139. The Morgan fingerprint density at radius 3 is 2.38 bits per heavy atom. The summed E-state index contributed by atoms with van der Waals surface area (Å²) in [5.74, 6) is -1.39. The van der Waals surface area contributed by atoms with Gasteiger partial charge in [0.25, 0.3) is 0 Å². The standard InChI is InChI=1S/C16H21NO4/c1-16(2,3)21-15(20)17-9-11-12(13(11)14(18)19)10-7-5-4-6-8-10/h4-8,11-13H,9H2,1-3H3,(H,17,20)(H,18,19). The first kappa shape index (κ1) is 15.4. The van der Waals surface area contributed by atoms with Crippen molar-refractivity contribution >= 4 is 12.1 Å². The van der Waals surface area contributed by atoms with Crippen LogP contribution >= 0.6 is 0 Å². The van der Waals surface area contributed by atoms with E-state index in [4.69, 9.17) is 4.74 Å². The zero-order valence-electron chi connectivity index (χ0n) is 12.5. The Morgan fingerprint density at radius 1 is 1.24 bits per heavy atom. The van der Waals surface area contributed by atoms with Gasteiger partial charge in [-0.1, -0.05) is 30.3 Å². The quantitative estimate of drug-likeness (QED) is 0.894. The molecular weight excluding hydrogens is 270 g/mol. The number of carbonyl (C=O) groups excluding carboxylic acids is 1. The number of carboxylic acid groups (broad SMARTS) is 1. The topological polar surface area (TPSA) is 75.6 Å². The molecule has 0 spiro atoms. The number of carboxylic acids is 1. The van der Waals surface area contributed by atoms with Crippen molar-refractivity contribution in [1.29, 1.82) is 0 Å². The summed E-state index contributed by atoms with van der Waals surface area (Å²) in [6, 6.07) is 9.54. The second-order valence-corrected chi connectivity index (χ2v) is 6.35. The minimum Gasteiger partial charge on any atom is -0.481 e. The molecule has 1 aliphatic carbocycles. The number of hydrogen-bond donors (Lipinski definition) is 2. The van der Waals surface area contributed by atoms with E-state index in [1.165, 1.54) is 0 Å². The molecule has 21 heavy (non-hydrogen) atoms. The highest BCUT2D eigenvalue weighted by Gasteiger charge is 2.55. The van der Waals surface area contributed by atoms with E-state index in [0.29, 0.717) is 6.54 Å². The largest absolute Gasteiger partial charge is 0.481 e. The van der Waals surface area contributed by atoms with E-state index in [-0.39, 0.29) is 11.8 Å². The minimum atomic E-state index is -0.820. The first-order valence-electron chi connectivity index (χ1n) is 7.04. The summed E-state index contributed by atoms with van der Waals surface area (Å²) in [4.78, 5) is 22.9.